The van der Waals surface area contributed by atoms with Crippen LogP contribution in [0, 0.1) is 6.92 Å². The number of fused-ring (bicyclic) bond motifs is 1. The normalized spacial score (nSPS) is 16.5. The van der Waals surface area contributed by atoms with E-state index in [0.717, 1.165) is 22.4 Å². The smallest absolute Gasteiger partial charge is 0.256 e. The third kappa shape index (κ3) is 2.74. The molecule has 0 aromatic heterocycles. The number of nitrogens with zero attached hydrogens (tertiary/aromatic N) is 1. The van der Waals surface area contributed by atoms with Gasteiger partial charge in [-0.25, -0.2) is 8.42 Å². The molecule has 0 aliphatic carbocycles. The molecule has 2 aromatic rings. The van der Waals surface area contributed by atoms with Crippen LogP contribution in [-0.4, -0.2) is 14.0 Å². The van der Waals surface area contributed by atoms with Crippen molar-refractivity contribution in [1.82, 2.24) is 0 Å². The van der Waals surface area contributed by atoms with E-state index < -0.39 is 15.6 Å². The van der Waals surface area contributed by atoms with Gasteiger partial charge in [0, 0.05) is 10.6 Å². The van der Waals surface area contributed by atoms with E-state index in [4.69, 9.17) is 11.6 Å². The van der Waals surface area contributed by atoms with Crippen LogP contribution in [0.15, 0.2) is 53.4 Å². The molecule has 1 aliphatic heterocycles. The highest BCUT2D eigenvalue weighted by molar-refractivity contribution is 7.93. The summed E-state index contributed by atoms with van der Waals surface area (Å²) in [6.45, 7) is 7.81. The van der Waals surface area contributed by atoms with Crippen LogP contribution in [0.1, 0.15) is 31.9 Å². The Morgan fingerprint density at radius 2 is 1.62 bits per heavy atom. The third-order valence-electron chi connectivity index (χ3n) is 4.24. The van der Waals surface area contributed by atoms with E-state index in [1.54, 1.807) is 24.3 Å². The lowest BCUT2D eigenvalue weighted by molar-refractivity contribution is 0.561. The highest BCUT2D eigenvalue weighted by Gasteiger charge is 2.40. The predicted octanol–water partition coefficient (Wildman–Crippen LogP) is 5.04. The number of sulfonamides is 1. The zero-order chi connectivity index (χ0) is 17.7. The lowest BCUT2D eigenvalue weighted by Gasteiger charge is -2.42. The Kier molecular flexibility index (Phi) is 4.01. The molecule has 0 radical (unpaired) electrons. The Morgan fingerprint density at radius 3 is 2.25 bits per heavy atom. The first-order valence-electron chi connectivity index (χ1n) is 7.74. The lowest BCUT2D eigenvalue weighted by atomic mass is 9.90. The number of benzene rings is 2. The zero-order valence-electron chi connectivity index (χ0n) is 14.2. The molecule has 0 N–H and O–H groups in total. The average Bonchev–Trinajstić information content (AvgIpc) is 2.45. The molecule has 0 saturated heterocycles. The minimum absolute atomic E-state index is 0.236. The van der Waals surface area contributed by atoms with Crippen LogP contribution in [-0.2, 0) is 10.0 Å². The lowest BCUT2D eigenvalue weighted by Crippen LogP contribution is -2.48. The topological polar surface area (TPSA) is 37.4 Å². The quantitative estimate of drug-likeness (QED) is 0.751. The molecule has 0 unspecified atom stereocenters. The molecular weight excluding hydrogens is 342 g/mol. The summed E-state index contributed by atoms with van der Waals surface area (Å²) < 4.78 is 28.2. The Balaban J connectivity index is 2.26. The van der Waals surface area contributed by atoms with Crippen LogP contribution >= 0.6 is 11.6 Å². The van der Waals surface area contributed by atoms with Crippen molar-refractivity contribution in [2.24, 2.45) is 0 Å². The number of halogens is 1. The summed E-state index contributed by atoms with van der Waals surface area (Å²) in [5.41, 5.74) is 3.10. The van der Waals surface area contributed by atoms with Crippen molar-refractivity contribution < 1.29 is 8.42 Å². The molecule has 24 heavy (non-hydrogen) atoms. The molecule has 1 aliphatic rings. The molecule has 0 bridgehead atoms. The van der Waals surface area contributed by atoms with Gasteiger partial charge in [-0.1, -0.05) is 29.8 Å². The molecular formula is C19H20ClNO2S. The first-order chi connectivity index (χ1) is 11.1. The number of allylic oxidation sites excluding steroid dienone is 1. The van der Waals surface area contributed by atoms with E-state index >= 15 is 0 Å². The van der Waals surface area contributed by atoms with Crippen molar-refractivity contribution in [3.8, 4) is 0 Å². The molecule has 1 heterocycles. The van der Waals surface area contributed by atoms with E-state index in [-0.39, 0.29) is 4.90 Å². The fraction of sp³-hybridized carbons (Fsp3) is 0.263. The van der Waals surface area contributed by atoms with Crippen LogP contribution in [0.4, 0.5) is 5.69 Å². The third-order valence-corrected chi connectivity index (χ3v) is 6.51. The van der Waals surface area contributed by atoms with Crippen LogP contribution in [0.25, 0.3) is 5.57 Å². The molecule has 5 heteroatoms. The average molecular weight is 362 g/mol. The summed E-state index contributed by atoms with van der Waals surface area (Å²) in [5.74, 6) is 0. The van der Waals surface area contributed by atoms with Crippen molar-refractivity contribution in [2.45, 2.75) is 38.1 Å². The number of aryl methyl sites for hydroxylation is 1. The second kappa shape index (κ2) is 5.64. The minimum atomic E-state index is -3.71. The molecule has 0 spiro atoms. The van der Waals surface area contributed by atoms with E-state index in [9.17, 15) is 8.42 Å². The highest BCUT2D eigenvalue weighted by Crippen LogP contribution is 2.42. The Hall–Kier alpha value is -1.78. The summed E-state index contributed by atoms with van der Waals surface area (Å²) >= 11 is 5.91. The molecule has 2 aromatic carbocycles. The Bertz CT molecular complexity index is 928. The molecule has 0 atom stereocenters. The van der Waals surface area contributed by atoms with Gasteiger partial charge in [-0.05, 0) is 69.2 Å². The summed E-state index contributed by atoms with van der Waals surface area (Å²) in [5, 5.41) is 0.513. The number of hydrogen-bond acceptors (Lipinski definition) is 2. The van der Waals surface area contributed by atoms with Gasteiger partial charge in [-0.2, -0.15) is 0 Å². The van der Waals surface area contributed by atoms with E-state index in [1.807, 2.05) is 52.0 Å². The zero-order valence-corrected chi connectivity index (χ0v) is 15.7. The van der Waals surface area contributed by atoms with Gasteiger partial charge in [-0.15, -0.1) is 0 Å². The van der Waals surface area contributed by atoms with Gasteiger partial charge < -0.3 is 0 Å². The molecule has 3 rings (SSSR count). The number of rotatable bonds is 2. The van der Waals surface area contributed by atoms with Crippen LogP contribution < -0.4 is 4.31 Å². The van der Waals surface area contributed by atoms with Crippen molar-refractivity contribution in [3.63, 3.8) is 0 Å². The molecule has 0 amide bonds. The predicted molar refractivity (Wildman–Crippen MR) is 100 cm³/mol. The monoisotopic (exact) mass is 361 g/mol. The Labute approximate surface area is 148 Å². The summed E-state index contributed by atoms with van der Waals surface area (Å²) in [7, 11) is -3.71. The summed E-state index contributed by atoms with van der Waals surface area (Å²) in [4.78, 5) is 0.236. The maximum atomic E-state index is 13.3. The Morgan fingerprint density at radius 1 is 1.00 bits per heavy atom. The maximum absolute atomic E-state index is 13.3. The molecule has 0 saturated carbocycles. The first kappa shape index (κ1) is 17.1. The standard InChI is InChI=1S/C19H20ClNO2S/c1-13-5-10-17-14(2)12-19(3,4)21(18(17)11-13)24(22,23)16-8-6-15(20)7-9-16/h5-12H,1-4H3. The van der Waals surface area contributed by atoms with Crippen molar-refractivity contribution in [1.29, 1.82) is 0 Å². The van der Waals surface area contributed by atoms with Crippen molar-refractivity contribution >= 4 is 32.9 Å². The SMILES string of the molecule is CC1=CC(C)(C)N(S(=O)(=O)c2ccc(Cl)cc2)c2cc(C)ccc21. The van der Waals surface area contributed by atoms with Gasteiger partial charge in [0.15, 0.2) is 0 Å². The number of anilines is 1. The minimum Gasteiger partial charge on any atom is -0.256 e. The van der Waals surface area contributed by atoms with Gasteiger partial charge in [0.2, 0.25) is 0 Å². The van der Waals surface area contributed by atoms with Crippen molar-refractivity contribution in [3.05, 3.63) is 64.7 Å². The van der Waals surface area contributed by atoms with Gasteiger partial charge >= 0.3 is 0 Å². The van der Waals surface area contributed by atoms with Gasteiger partial charge in [-0.3, -0.25) is 4.31 Å². The van der Waals surface area contributed by atoms with Gasteiger partial charge in [0.1, 0.15) is 0 Å². The van der Waals surface area contributed by atoms with Crippen LogP contribution in [0.5, 0.6) is 0 Å². The summed E-state index contributed by atoms with van der Waals surface area (Å²) in [6.07, 6.45) is 2.00. The van der Waals surface area contributed by atoms with Gasteiger partial charge in [0.25, 0.3) is 10.0 Å². The van der Waals surface area contributed by atoms with Crippen molar-refractivity contribution in [2.75, 3.05) is 4.31 Å². The highest BCUT2D eigenvalue weighted by atomic mass is 35.5. The largest absolute Gasteiger partial charge is 0.265 e. The van der Waals surface area contributed by atoms with E-state index in [2.05, 4.69) is 0 Å². The molecule has 126 valence electrons. The van der Waals surface area contributed by atoms with E-state index in [0.29, 0.717) is 5.02 Å². The van der Waals surface area contributed by atoms with Crippen LogP contribution in [0.2, 0.25) is 5.02 Å². The molecule has 0 fully saturated rings. The van der Waals surface area contributed by atoms with Crippen LogP contribution in [0.3, 0.4) is 0 Å². The number of hydrogen-bond donors (Lipinski definition) is 0. The summed E-state index contributed by atoms with van der Waals surface area (Å²) in [6, 6.07) is 12.2. The fourth-order valence-electron chi connectivity index (χ4n) is 3.27. The second-order valence-electron chi connectivity index (χ2n) is 6.72. The second-order valence-corrected chi connectivity index (χ2v) is 8.95. The first-order valence-corrected chi connectivity index (χ1v) is 9.56. The van der Waals surface area contributed by atoms with Gasteiger partial charge in [0.05, 0.1) is 16.1 Å². The van der Waals surface area contributed by atoms with E-state index in [1.165, 1.54) is 4.31 Å². The fourth-order valence-corrected chi connectivity index (χ4v) is 5.17. The maximum Gasteiger partial charge on any atom is 0.265 e. The molecule has 3 nitrogen and oxygen atoms in total.